The van der Waals surface area contributed by atoms with Gasteiger partial charge in [-0.25, -0.2) is 4.98 Å². The highest BCUT2D eigenvalue weighted by Gasteiger charge is 2.18. The Kier molecular flexibility index (Phi) is 6.22. The van der Waals surface area contributed by atoms with E-state index in [4.69, 9.17) is 37.7 Å². The van der Waals surface area contributed by atoms with Crippen molar-refractivity contribution in [1.82, 2.24) is 14.2 Å². The van der Waals surface area contributed by atoms with Crippen LogP contribution in [0.1, 0.15) is 16.8 Å². The van der Waals surface area contributed by atoms with Crippen molar-refractivity contribution in [3.63, 3.8) is 0 Å². The maximum Gasteiger partial charge on any atom is 0.282 e. The van der Waals surface area contributed by atoms with E-state index in [9.17, 15) is 4.79 Å². The lowest BCUT2D eigenvalue weighted by Crippen LogP contribution is -2.20. The Morgan fingerprint density at radius 3 is 2.46 bits per heavy atom. The molecular weight excluding hydrogens is 555 g/mol. The second-order valence-corrected chi connectivity index (χ2v) is 10.6. The summed E-state index contributed by atoms with van der Waals surface area (Å²) in [6.07, 6.45) is 1.73. The van der Waals surface area contributed by atoms with E-state index in [-0.39, 0.29) is 5.56 Å². The molecule has 8 heteroatoms. The van der Waals surface area contributed by atoms with Crippen molar-refractivity contribution >= 4 is 62.2 Å². The SMILES string of the molecule is Cc1c(C=Nn2c(-c3cc4ccccc4o3)nc3ccccc3c2=O)c2ccccc2n1Cc1ccc(Cl)c(Cl)c1. The van der Waals surface area contributed by atoms with Crippen LogP contribution in [0.4, 0.5) is 0 Å². The third-order valence-electron chi connectivity index (χ3n) is 7.31. The van der Waals surface area contributed by atoms with Crippen molar-refractivity contribution in [2.24, 2.45) is 5.10 Å². The van der Waals surface area contributed by atoms with E-state index in [1.807, 2.05) is 79.7 Å². The molecule has 0 radical (unpaired) electrons. The summed E-state index contributed by atoms with van der Waals surface area (Å²) in [6.45, 7) is 2.64. The molecule has 41 heavy (non-hydrogen) atoms. The highest BCUT2D eigenvalue weighted by molar-refractivity contribution is 6.42. The zero-order valence-corrected chi connectivity index (χ0v) is 23.4. The normalized spacial score (nSPS) is 11.9. The first-order valence-electron chi connectivity index (χ1n) is 13.0. The van der Waals surface area contributed by atoms with Gasteiger partial charge in [0.15, 0.2) is 5.76 Å². The number of benzene rings is 4. The van der Waals surface area contributed by atoms with Crippen molar-refractivity contribution in [3.8, 4) is 11.6 Å². The van der Waals surface area contributed by atoms with Crippen molar-refractivity contribution in [1.29, 1.82) is 0 Å². The summed E-state index contributed by atoms with van der Waals surface area (Å²) in [6, 6.07) is 30.6. The third kappa shape index (κ3) is 4.42. The van der Waals surface area contributed by atoms with Gasteiger partial charge in [-0.15, -0.1) is 0 Å². The molecule has 7 aromatic rings. The Bertz CT molecular complexity index is 2170. The summed E-state index contributed by atoms with van der Waals surface area (Å²) in [5.41, 5.74) is 4.97. The van der Waals surface area contributed by atoms with Crippen LogP contribution in [0.2, 0.25) is 10.0 Å². The van der Waals surface area contributed by atoms with Crippen LogP contribution in [0.25, 0.3) is 44.4 Å². The van der Waals surface area contributed by atoms with E-state index in [1.165, 1.54) is 4.68 Å². The molecule has 200 valence electrons. The summed E-state index contributed by atoms with van der Waals surface area (Å²) in [5, 5.41) is 8.18. The minimum absolute atomic E-state index is 0.278. The Labute approximate surface area is 244 Å². The van der Waals surface area contributed by atoms with Gasteiger partial charge in [0.1, 0.15) is 5.58 Å². The van der Waals surface area contributed by atoms with Crippen LogP contribution in [0, 0.1) is 6.92 Å². The molecule has 0 aliphatic carbocycles. The molecule has 0 saturated carbocycles. The lowest BCUT2D eigenvalue weighted by Gasteiger charge is -2.10. The summed E-state index contributed by atoms with van der Waals surface area (Å²) in [7, 11) is 0. The van der Waals surface area contributed by atoms with Crippen LogP contribution < -0.4 is 5.56 Å². The van der Waals surface area contributed by atoms with Gasteiger partial charge in [0, 0.05) is 34.1 Å². The van der Waals surface area contributed by atoms with Crippen molar-refractivity contribution in [3.05, 3.63) is 134 Å². The van der Waals surface area contributed by atoms with E-state index in [0.717, 1.165) is 33.1 Å². The molecular formula is C33H22Cl2N4O2. The maximum atomic E-state index is 13.8. The third-order valence-corrected chi connectivity index (χ3v) is 8.05. The topological polar surface area (TPSA) is 65.3 Å². The zero-order chi connectivity index (χ0) is 28.1. The van der Waals surface area contributed by atoms with E-state index in [2.05, 4.69) is 16.7 Å². The van der Waals surface area contributed by atoms with Crippen molar-refractivity contribution in [2.75, 3.05) is 0 Å². The number of fused-ring (bicyclic) bond motifs is 3. The Morgan fingerprint density at radius 2 is 1.63 bits per heavy atom. The molecule has 0 aliphatic rings. The molecule has 0 N–H and O–H groups in total. The van der Waals surface area contributed by atoms with Gasteiger partial charge in [0.25, 0.3) is 5.56 Å². The van der Waals surface area contributed by atoms with Crippen LogP contribution in [0.5, 0.6) is 0 Å². The molecule has 0 amide bonds. The van der Waals surface area contributed by atoms with Gasteiger partial charge >= 0.3 is 0 Å². The number of para-hydroxylation sites is 3. The highest BCUT2D eigenvalue weighted by Crippen LogP contribution is 2.29. The van der Waals surface area contributed by atoms with E-state index < -0.39 is 0 Å². The largest absolute Gasteiger partial charge is 0.453 e. The lowest BCUT2D eigenvalue weighted by atomic mass is 10.1. The number of hydrogen-bond donors (Lipinski definition) is 0. The summed E-state index contributed by atoms with van der Waals surface area (Å²) in [4.78, 5) is 18.6. The number of hydrogen-bond acceptors (Lipinski definition) is 4. The van der Waals surface area contributed by atoms with Crippen LogP contribution in [0.3, 0.4) is 0 Å². The summed E-state index contributed by atoms with van der Waals surface area (Å²) >= 11 is 12.4. The Hall–Kier alpha value is -4.65. The monoisotopic (exact) mass is 576 g/mol. The summed E-state index contributed by atoms with van der Waals surface area (Å²) < 4.78 is 9.64. The number of rotatable bonds is 5. The van der Waals surface area contributed by atoms with Gasteiger partial charge in [0.05, 0.1) is 27.2 Å². The first-order chi connectivity index (χ1) is 20.0. The Morgan fingerprint density at radius 1 is 0.878 bits per heavy atom. The molecule has 3 aromatic heterocycles. The van der Waals surface area contributed by atoms with Gasteiger partial charge in [-0.3, -0.25) is 4.79 Å². The molecule has 6 nitrogen and oxygen atoms in total. The van der Waals surface area contributed by atoms with Crippen LogP contribution in [0.15, 0.2) is 111 Å². The standard InChI is InChI=1S/C33H22Cl2N4O2/c1-20-25(23-9-4-6-12-29(23)38(20)19-21-14-15-26(34)27(35)16-21)18-36-39-32(31-17-22-8-2-7-13-30(22)41-31)37-28-11-5-3-10-24(28)33(39)40/h2-18H,19H2,1H3. The fourth-order valence-corrected chi connectivity index (χ4v) is 5.56. The second-order valence-electron chi connectivity index (χ2n) is 9.81. The van der Waals surface area contributed by atoms with E-state index in [0.29, 0.717) is 44.7 Å². The van der Waals surface area contributed by atoms with Crippen molar-refractivity contribution in [2.45, 2.75) is 13.5 Å². The smallest absolute Gasteiger partial charge is 0.282 e. The molecule has 0 atom stereocenters. The molecule has 0 unspecified atom stereocenters. The number of furan rings is 1. The van der Waals surface area contributed by atoms with E-state index >= 15 is 0 Å². The van der Waals surface area contributed by atoms with Gasteiger partial charge in [0.2, 0.25) is 5.82 Å². The molecule has 0 fully saturated rings. The quantitative estimate of drug-likeness (QED) is 0.193. The van der Waals surface area contributed by atoms with Crippen LogP contribution in [-0.2, 0) is 6.54 Å². The first kappa shape index (κ1) is 25.3. The van der Waals surface area contributed by atoms with Gasteiger partial charge in [-0.05, 0) is 55.0 Å². The lowest BCUT2D eigenvalue weighted by molar-refractivity contribution is 0.616. The molecule has 7 rings (SSSR count). The first-order valence-corrected chi connectivity index (χ1v) is 13.8. The summed E-state index contributed by atoms with van der Waals surface area (Å²) in [5.74, 6) is 0.795. The number of nitrogens with zero attached hydrogens (tertiary/aromatic N) is 4. The van der Waals surface area contributed by atoms with Crippen LogP contribution in [-0.4, -0.2) is 20.4 Å². The minimum Gasteiger partial charge on any atom is -0.453 e. The molecule has 0 bridgehead atoms. The van der Waals surface area contributed by atoms with Gasteiger partial charge in [-0.1, -0.05) is 77.8 Å². The van der Waals surface area contributed by atoms with Crippen molar-refractivity contribution < 1.29 is 4.42 Å². The zero-order valence-electron chi connectivity index (χ0n) is 21.9. The maximum absolute atomic E-state index is 13.8. The minimum atomic E-state index is -0.278. The molecule has 0 saturated heterocycles. The molecule has 0 spiro atoms. The average Bonchev–Trinajstić information content (AvgIpc) is 3.53. The fourth-order valence-electron chi connectivity index (χ4n) is 5.24. The predicted octanol–water partition coefficient (Wildman–Crippen LogP) is 8.31. The molecule has 0 aliphatic heterocycles. The van der Waals surface area contributed by atoms with Crippen LogP contribution >= 0.6 is 23.2 Å². The Balaban J connectivity index is 1.39. The second kappa shape index (κ2) is 10.1. The van der Waals surface area contributed by atoms with Gasteiger partial charge < -0.3 is 8.98 Å². The number of aromatic nitrogens is 3. The predicted molar refractivity (Wildman–Crippen MR) is 166 cm³/mol. The van der Waals surface area contributed by atoms with E-state index in [1.54, 1.807) is 18.3 Å². The fraction of sp³-hybridized carbons (Fsp3) is 0.0606. The highest BCUT2D eigenvalue weighted by atomic mass is 35.5. The molecule has 3 heterocycles. The van der Waals surface area contributed by atoms with Gasteiger partial charge in [-0.2, -0.15) is 9.78 Å². The average molecular weight is 577 g/mol. The number of halogens is 2. The molecule has 4 aromatic carbocycles.